The number of hydrogen-bond acceptors (Lipinski definition) is 3. The Morgan fingerprint density at radius 3 is 3.00 bits per heavy atom. The fourth-order valence-electron chi connectivity index (χ4n) is 2.03. The lowest BCUT2D eigenvalue weighted by Crippen LogP contribution is -2.36. The Labute approximate surface area is 74.1 Å². The normalized spacial score (nSPS) is 42.5. The number of epoxide rings is 1. The van der Waals surface area contributed by atoms with E-state index in [-0.39, 0.29) is 5.60 Å². The number of likely N-dealkylation sites (N-methyl/N-ethyl adjacent to an activating group) is 1. The molecule has 0 aliphatic carbocycles. The van der Waals surface area contributed by atoms with Gasteiger partial charge in [-0.2, -0.15) is 0 Å². The van der Waals surface area contributed by atoms with Crippen molar-refractivity contribution in [1.82, 2.24) is 10.2 Å². The summed E-state index contributed by atoms with van der Waals surface area (Å²) in [5.74, 6) is 0.607. The molecule has 0 saturated carbocycles. The Kier molecular flexibility index (Phi) is 1.90. The summed E-state index contributed by atoms with van der Waals surface area (Å²) in [4.78, 5) is 2.35. The molecule has 0 aromatic rings. The fourth-order valence-corrected chi connectivity index (χ4v) is 2.03. The van der Waals surface area contributed by atoms with E-state index in [2.05, 4.69) is 31.1 Å². The number of nitrogens with zero attached hydrogens (tertiary/aromatic N) is 1. The zero-order valence-electron chi connectivity index (χ0n) is 8.13. The average Bonchev–Trinajstić information content (AvgIpc) is 2.62. The van der Waals surface area contributed by atoms with Gasteiger partial charge in [0.15, 0.2) is 0 Å². The second-order valence-electron chi connectivity index (χ2n) is 4.30. The van der Waals surface area contributed by atoms with Gasteiger partial charge in [-0.05, 0) is 13.0 Å². The van der Waals surface area contributed by atoms with Gasteiger partial charge in [0.1, 0.15) is 11.8 Å². The standard InChI is InChI=1S/C9H18N2O/c1-7(2)9-6-11(3)5-4-10-8(9)12-9/h7-8,10H,4-6H2,1-3H3. The van der Waals surface area contributed by atoms with Crippen LogP contribution in [0.2, 0.25) is 0 Å². The molecule has 0 spiro atoms. The van der Waals surface area contributed by atoms with Gasteiger partial charge in [-0.3, -0.25) is 5.32 Å². The summed E-state index contributed by atoms with van der Waals surface area (Å²) in [6, 6.07) is 0. The fraction of sp³-hybridized carbons (Fsp3) is 1.00. The maximum atomic E-state index is 5.72. The van der Waals surface area contributed by atoms with Gasteiger partial charge in [0.2, 0.25) is 0 Å². The van der Waals surface area contributed by atoms with Gasteiger partial charge in [0.25, 0.3) is 0 Å². The van der Waals surface area contributed by atoms with Crippen LogP contribution in [-0.4, -0.2) is 43.4 Å². The van der Waals surface area contributed by atoms with Crippen molar-refractivity contribution in [1.29, 1.82) is 0 Å². The van der Waals surface area contributed by atoms with E-state index in [1.807, 2.05) is 0 Å². The molecule has 2 heterocycles. The summed E-state index contributed by atoms with van der Waals surface area (Å²) in [5, 5.41) is 3.41. The third-order valence-electron chi connectivity index (χ3n) is 3.04. The van der Waals surface area contributed by atoms with Crippen LogP contribution in [0, 0.1) is 5.92 Å². The topological polar surface area (TPSA) is 27.8 Å². The largest absolute Gasteiger partial charge is 0.348 e. The first-order chi connectivity index (χ1) is 5.65. The van der Waals surface area contributed by atoms with Gasteiger partial charge < -0.3 is 9.64 Å². The van der Waals surface area contributed by atoms with E-state index in [0.29, 0.717) is 12.1 Å². The van der Waals surface area contributed by atoms with Crippen molar-refractivity contribution in [2.24, 2.45) is 5.92 Å². The van der Waals surface area contributed by atoms with Crippen LogP contribution >= 0.6 is 0 Å². The van der Waals surface area contributed by atoms with E-state index in [1.165, 1.54) is 0 Å². The zero-order chi connectivity index (χ0) is 8.77. The quantitative estimate of drug-likeness (QED) is 0.573. The van der Waals surface area contributed by atoms with E-state index >= 15 is 0 Å². The van der Waals surface area contributed by atoms with Crippen molar-refractivity contribution >= 4 is 0 Å². The van der Waals surface area contributed by atoms with Crippen LogP contribution < -0.4 is 5.32 Å². The average molecular weight is 170 g/mol. The van der Waals surface area contributed by atoms with E-state index in [9.17, 15) is 0 Å². The lowest BCUT2D eigenvalue weighted by Gasteiger charge is -2.21. The molecule has 70 valence electrons. The third-order valence-corrected chi connectivity index (χ3v) is 3.04. The van der Waals surface area contributed by atoms with Crippen molar-refractivity contribution in [3.05, 3.63) is 0 Å². The van der Waals surface area contributed by atoms with Crippen LogP contribution in [-0.2, 0) is 4.74 Å². The van der Waals surface area contributed by atoms with Crippen molar-refractivity contribution in [3.63, 3.8) is 0 Å². The molecule has 2 aliphatic rings. The molecule has 3 heteroatoms. The SMILES string of the molecule is CC(C)C12CN(C)CCNC1O2. The van der Waals surface area contributed by atoms with Gasteiger partial charge in [-0.1, -0.05) is 13.8 Å². The second-order valence-corrected chi connectivity index (χ2v) is 4.30. The maximum absolute atomic E-state index is 5.72. The molecule has 1 N–H and O–H groups in total. The summed E-state index contributed by atoms with van der Waals surface area (Å²) in [6.45, 7) is 7.73. The number of hydrogen-bond donors (Lipinski definition) is 1. The highest BCUT2D eigenvalue weighted by Gasteiger charge is 2.59. The van der Waals surface area contributed by atoms with Crippen molar-refractivity contribution in [3.8, 4) is 0 Å². The molecule has 0 bridgehead atoms. The van der Waals surface area contributed by atoms with Gasteiger partial charge in [0.05, 0.1) is 0 Å². The molecule has 0 amide bonds. The molecule has 2 atom stereocenters. The molecule has 12 heavy (non-hydrogen) atoms. The highest BCUT2D eigenvalue weighted by atomic mass is 16.6. The molecule has 2 fully saturated rings. The highest BCUT2D eigenvalue weighted by molar-refractivity contribution is 5.06. The number of rotatable bonds is 1. The molecule has 3 nitrogen and oxygen atoms in total. The van der Waals surface area contributed by atoms with Crippen molar-refractivity contribution < 1.29 is 4.74 Å². The zero-order valence-corrected chi connectivity index (χ0v) is 8.13. The minimum Gasteiger partial charge on any atom is -0.348 e. The van der Waals surface area contributed by atoms with E-state index in [0.717, 1.165) is 19.6 Å². The van der Waals surface area contributed by atoms with Gasteiger partial charge in [0, 0.05) is 19.6 Å². The van der Waals surface area contributed by atoms with E-state index < -0.39 is 0 Å². The van der Waals surface area contributed by atoms with Gasteiger partial charge in [-0.25, -0.2) is 0 Å². The van der Waals surface area contributed by atoms with E-state index in [1.54, 1.807) is 0 Å². The molecule has 2 aliphatic heterocycles. The summed E-state index contributed by atoms with van der Waals surface area (Å²) >= 11 is 0. The van der Waals surface area contributed by atoms with Gasteiger partial charge in [-0.15, -0.1) is 0 Å². The lowest BCUT2D eigenvalue weighted by molar-refractivity contribution is 0.164. The predicted octanol–water partition coefficient (Wildman–Crippen LogP) is 0.273. The minimum absolute atomic E-state index is 0.116. The molecule has 0 aromatic carbocycles. The molecular weight excluding hydrogens is 152 g/mol. The molecular formula is C9H18N2O. The van der Waals surface area contributed by atoms with Crippen molar-refractivity contribution in [2.75, 3.05) is 26.7 Å². The van der Waals surface area contributed by atoms with Gasteiger partial charge >= 0.3 is 0 Å². The smallest absolute Gasteiger partial charge is 0.140 e. The Bertz CT molecular complexity index is 183. The lowest BCUT2D eigenvalue weighted by atomic mass is 9.94. The Hall–Kier alpha value is -0.120. The summed E-state index contributed by atoms with van der Waals surface area (Å²) < 4.78 is 5.72. The van der Waals surface area contributed by atoms with Crippen LogP contribution in [0.4, 0.5) is 0 Å². The monoisotopic (exact) mass is 170 g/mol. The summed E-state index contributed by atoms with van der Waals surface area (Å²) in [7, 11) is 2.16. The first-order valence-electron chi connectivity index (χ1n) is 4.75. The van der Waals surface area contributed by atoms with E-state index in [4.69, 9.17) is 4.74 Å². The molecule has 0 aromatic heterocycles. The third kappa shape index (κ3) is 1.16. The molecule has 2 unspecified atom stereocenters. The Morgan fingerprint density at radius 1 is 1.58 bits per heavy atom. The Morgan fingerprint density at radius 2 is 2.33 bits per heavy atom. The maximum Gasteiger partial charge on any atom is 0.140 e. The highest BCUT2D eigenvalue weighted by Crippen LogP contribution is 2.42. The first-order valence-corrected chi connectivity index (χ1v) is 4.75. The number of ether oxygens (including phenoxy) is 1. The van der Waals surface area contributed by atoms with Crippen LogP contribution in [0.25, 0.3) is 0 Å². The number of fused-ring (bicyclic) bond motifs is 1. The molecule has 2 saturated heterocycles. The molecule has 2 rings (SSSR count). The number of nitrogens with one attached hydrogen (secondary N) is 1. The predicted molar refractivity (Wildman–Crippen MR) is 47.9 cm³/mol. The Balaban J connectivity index is 2.07. The van der Waals surface area contributed by atoms with Crippen LogP contribution in [0.5, 0.6) is 0 Å². The summed E-state index contributed by atoms with van der Waals surface area (Å²) in [5.41, 5.74) is 0.116. The minimum atomic E-state index is 0.116. The van der Waals surface area contributed by atoms with Crippen LogP contribution in [0.3, 0.4) is 0 Å². The molecule has 0 radical (unpaired) electrons. The second kappa shape index (κ2) is 2.69. The van der Waals surface area contributed by atoms with Crippen LogP contribution in [0.15, 0.2) is 0 Å². The van der Waals surface area contributed by atoms with Crippen LogP contribution in [0.1, 0.15) is 13.8 Å². The summed E-state index contributed by atoms with van der Waals surface area (Å²) in [6.07, 6.45) is 0.322. The first kappa shape index (κ1) is 8.48. The van der Waals surface area contributed by atoms with Crippen molar-refractivity contribution in [2.45, 2.75) is 25.7 Å².